The number of sulfonamides is 1. The number of benzene rings is 1. The maximum absolute atomic E-state index is 12.4. The molecule has 1 N–H and O–H groups in total. The van der Waals surface area contributed by atoms with E-state index >= 15 is 0 Å². The Hall–Kier alpha value is -1.56. The van der Waals surface area contributed by atoms with Crippen molar-refractivity contribution in [2.75, 3.05) is 7.11 Å². The molecule has 0 radical (unpaired) electrons. The molecule has 0 heterocycles. The lowest BCUT2D eigenvalue weighted by Gasteiger charge is -2.16. The van der Waals surface area contributed by atoms with E-state index in [0.29, 0.717) is 25.0 Å². The summed E-state index contributed by atoms with van der Waals surface area (Å²) in [6.45, 7) is 1.67. The molecule has 3 rings (SSSR count). The SMILES string of the molecule is COc1ccc2c(c1)C(C(=O)NS(=O)(=O)C1(C)CC1)CC2. The van der Waals surface area contributed by atoms with E-state index in [1.54, 1.807) is 14.0 Å². The minimum Gasteiger partial charge on any atom is -0.497 e. The highest BCUT2D eigenvalue weighted by Crippen LogP contribution is 2.43. The summed E-state index contributed by atoms with van der Waals surface area (Å²) in [6.07, 6.45) is 2.66. The van der Waals surface area contributed by atoms with Crippen LogP contribution in [0, 0.1) is 0 Å². The first-order valence-electron chi connectivity index (χ1n) is 7.09. The summed E-state index contributed by atoms with van der Waals surface area (Å²) in [7, 11) is -2.00. The molecule has 5 nitrogen and oxygen atoms in total. The van der Waals surface area contributed by atoms with E-state index in [1.165, 1.54) is 0 Å². The maximum atomic E-state index is 12.4. The first-order valence-corrected chi connectivity index (χ1v) is 8.58. The monoisotopic (exact) mass is 309 g/mol. The smallest absolute Gasteiger partial charge is 0.241 e. The Bertz CT molecular complexity index is 692. The van der Waals surface area contributed by atoms with E-state index in [-0.39, 0.29) is 0 Å². The molecule has 0 spiro atoms. The zero-order valence-corrected chi connectivity index (χ0v) is 13.0. The van der Waals surface area contributed by atoms with Crippen LogP contribution >= 0.6 is 0 Å². The van der Waals surface area contributed by atoms with Gasteiger partial charge in [0.1, 0.15) is 5.75 Å². The molecule has 1 atom stereocenters. The number of methoxy groups -OCH3 is 1. The fourth-order valence-electron chi connectivity index (χ4n) is 2.75. The predicted octanol–water partition coefficient (Wildman–Crippen LogP) is 1.72. The molecule has 2 aliphatic rings. The number of nitrogens with one attached hydrogen (secondary N) is 1. The number of fused-ring (bicyclic) bond motifs is 1. The lowest BCUT2D eigenvalue weighted by atomic mass is 10.0. The average Bonchev–Trinajstić information content (AvgIpc) is 3.06. The number of hydrogen-bond acceptors (Lipinski definition) is 4. The number of carbonyl (C=O) groups excluding carboxylic acids is 1. The van der Waals surface area contributed by atoms with Gasteiger partial charge in [-0.25, -0.2) is 8.42 Å². The second-order valence-electron chi connectivity index (χ2n) is 6.08. The standard InChI is InChI=1S/C15H19NO4S/c1-15(7-8-15)21(18,19)16-14(17)12-6-4-10-3-5-11(20-2)9-13(10)12/h3,5,9,12H,4,6-8H2,1-2H3,(H,16,17). The van der Waals surface area contributed by atoms with Crippen LogP contribution in [-0.2, 0) is 21.2 Å². The van der Waals surface area contributed by atoms with Crippen LogP contribution in [0.4, 0.5) is 0 Å². The van der Waals surface area contributed by atoms with E-state index < -0.39 is 26.6 Å². The molecule has 1 saturated carbocycles. The van der Waals surface area contributed by atoms with Crippen LogP contribution in [-0.4, -0.2) is 26.2 Å². The topological polar surface area (TPSA) is 72.5 Å². The Labute approximate surface area is 124 Å². The van der Waals surface area contributed by atoms with Gasteiger partial charge in [0.15, 0.2) is 0 Å². The van der Waals surface area contributed by atoms with Crippen LogP contribution in [0.25, 0.3) is 0 Å². The highest BCUT2D eigenvalue weighted by molar-refractivity contribution is 7.91. The maximum Gasteiger partial charge on any atom is 0.241 e. The second kappa shape index (κ2) is 4.73. The number of hydrogen-bond donors (Lipinski definition) is 1. The first-order chi connectivity index (χ1) is 9.86. The summed E-state index contributed by atoms with van der Waals surface area (Å²) >= 11 is 0. The molecule has 1 amide bonds. The van der Waals surface area contributed by atoms with E-state index in [0.717, 1.165) is 17.5 Å². The molecular formula is C15H19NO4S. The van der Waals surface area contributed by atoms with E-state index in [9.17, 15) is 13.2 Å². The summed E-state index contributed by atoms with van der Waals surface area (Å²) in [6, 6.07) is 5.64. The van der Waals surface area contributed by atoms with Gasteiger partial charge in [0, 0.05) is 0 Å². The average molecular weight is 309 g/mol. The first kappa shape index (κ1) is 14.4. The molecule has 0 aromatic heterocycles. The molecule has 1 aromatic carbocycles. The Morgan fingerprint density at radius 1 is 1.38 bits per heavy atom. The van der Waals surface area contributed by atoms with Gasteiger partial charge in [-0.2, -0.15) is 0 Å². The minimum atomic E-state index is -3.57. The molecule has 0 saturated heterocycles. The Balaban J connectivity index is 1.82. The molecule has 1 unspecified atom stereocenters. The van der Waals surface area contributed by atoms with Crippen LogP contribution in [0.5, 0.6) is 5.75 Å². The van der Waals surface area contributed by atoms with Gasteiger partial charge in [-0.3, -0.25) is 9.52 Å². The Kier molecular flexibility index (Phi) is 3.24. The predicted molar refractivity (Wildman–Crippen MR) is 78.8 cm³/mol. The van der Waals surface area contributed by atoms with Gasteiger partial charge in [0.25, 0.3) is 0 Å². The lowest BCUT2D eigenvalue weighted by molar-refractivity contribution is -0.120. The van der Waals surface area contributed by atoms with Gasteiger partial charge in [0.05, 0.1) is 17.8 Å². The van der Waals surface area contributed by atoms with Crippen molar-refractivity contribution in [3.63, 3.8) is 0 Å². The summed E-state index contributed by atoms with van der Waals surface area (Å²) in [5, 5.41) is 0. The van der Waals surface area contributed by atoms with E-state index in [1.807, 2.05) is 18.2 Å². The molecule has 1 fully saturated rings. The third kappa shape index (κ3) is 2.41. The molecule has 114 valence electrons. The molecule has 6 heteroatoms. The van der Waals surface area contributed by atoms with Gasteiger partial charge < -0.3 is 4.74 Å². The van der Waals surface area contributed by atoms with Crippen molar-refractivity contribution in [2.24, 2.45) is 0 Å². The minimum absolute atomic E-state index is 0.410. The normalized spacial score (nSPS) is 22.5. The zero-order chi connectivity index (χ0) is 15.3. The summed E-state index contributed by atoms with van der Waals surface area (Å²) < 4.78 is 31.0. The molecule has 0 aliphatic heterocycles. The largest absolute Gasteiger partial charge is 0.497 e. The number of amides is 1. The van der Waals surface area contributed by atoms with Crippen molar-refractivity contribution in [3.8, 4) is 5.75 Å². The second-order valence-corrected chi connectivity index (χ2v) is 8.27. The van der Waals surface area contributed by atoms with Crippen LogP contribution < -0.4 is 9.46 Å². The van der Waals surface area contributed by atoms with Gasteiger partial charge in [-0.15, -0.1) is 0 Å². The fourth-order valence-corrected chi connectivity index (χ4v) is 4.04. The van der Waals surface area contributed by atoms with Crippen molar-refractivity contribution in [1.82, 2.24) is 4.72 Å². The van der Waals surface area contributed by atoms with Crippen LogP contribution in [0.1, 0.15) is 43.2 Å². The van der Waals surface area contributed by atoms with Gasteiger partial charge in [0.2, 0.25) is 15.9 Å². The van der Waals surface area contributed by atoms with Gasteiger partial charge >= 0.3 is 0 Å². The van der Waals surface area contributed by atoms with Crippen molar-refractivity contribution < 1.29 is 17.9 Å². The number of aryl methyl sites for hydroxylation is 1. The van der Waals surface area contributed by atoms with Gasteiger partial charge in [-0.05, 0) is 55.9 Å². The Morgan fingerprint density at radius 3 is 2.71 bits per heavy atom. The number of ether oxygens (including phenoxy) is 1. The summed E-state index contributed by atoms with van der Waals surface area (Å²) in [5.41, 5.74) is 1.97. The summed E-state index contributed by atoms with van der Waals surface area (Å²) in [5.74, 6) is -0.146. The third-order valence-corrected chi connectivity index (χ3v) is 6.76. The van der Waals surface area contributed by atoms with Crippen LogP contribution in [0.15, 0.2) is 18.2 Å². The third-order valence-electron chi connectivity index (χ3n) is 4.59. The Morgan fingerprint density at radius 2 is 2.10 bits per heavy atom. The highest BCUT2D eigenvalue weighted by atomic mass is 32.2. The molecule has 1 aromatic rings. The fraction of sp³-hybridized carbons (Fsp3) is 0.533. The van der Waals surface area contributed by atoms with E-state index in [4.69, 9.17) is 4.74 Å². The zero-order valence-electron chi connectivity index (χ0n) is 12.2. The number of rotatable bonds is 4. The van der Waals surface area contributed by atoms with E-state index in [2.05, 4.69) is 4.72 Å². The number of carbonyl (C=O) groups is 1. The van der Waals surface area contributed by atoms with Crippen molar-refractivity contribution in [1.29, 1.82) is 0 Å². The molecule has 0 bridgehead atoms. The van der Waals surface area contributed by atoms with Crippen molar-refractivity contribution >= 4 is 15.9 Å². The van der Waals surface area contributed by atoms with Gasteiger partial charge in [-0.1, -0.05) is 6.07 Å². The van der Waals surface area contributed by atoms with Crippen LogP contribution in [0.3, 0.4) is 0 Å². The van der Waals surface area contributed by atoms with Crippen molar-refractivity contribution in [3.05, 3.63) is 29.3 Å². The molecule has 2 aliphatic carbocycles. The summed E-state index contributed by atoms with van der Waals surface area (Å²) in [4.78, 5) is 12.4. The molecule has 21 heavy (non-hydrogen) atoms. The highest BCUT2D eigenvalue weighted by Gasteiger charge is 2.51. The quantitative estimate of drug-likeness (QED) is 0.919. The molecular weight excluding hydrogens is 290 g/mol. The van der Waals surface area contributed by atoms with Crippen LogP contribution in [0.2, 0.25) is 0 Å². The lowest BCUT2D eigenvalue weighted by Crippen LogP contribution is -2.40. The van der Waals surface area contributed by atoms with Crippen molar-refractivity contribution in [2.45, 2.75) is 43.3 Å².